The Kier molecular flexibility index (Phi) is 7.52. The monoisotopic (exact) mass is 311 g/mol. The molecule has 0 aliphatic heterocycles. The summed E-state index contributed by atoms with van der Waals surface area (Å²) < 4.78 is 10.8. The third kappa shape index (κ3) is 5.44. The first-order valence-electron chi connectivity index (χ1n) is 7.35. The molecule has 124 valence electrons. The summed E-state index contributed by atoms with van der Waals surface area (Å²) in [5.41, 5.74) is 1.92. The van der Waals surface area contributed by atoms with E-state index in [1.165, 1.54) is 0 Å². The van der Waals surface area contributed by atoms with Crippen LogP contribution in [0.3, 0.4) is 0 Å². The third-order valence-electron chi connectivity index (χ3n) is 3.43. The second kappa shape index (κ2) is 9.15. The number of aliphatic hydroxyl groups excluding tert-OH is 1. The van der Waals surface area contributed by atoms with Crippen molar-refractivity contribution in [2.45, 2.75) is 38.6 Å². The molecule has 1 rings (SSSR count). The Labute approximate surface area is 131 Å². The van der Waals surface area contributed by atoms with Gasteiger partial charge in [-0.05, 0) is 55.9 Å². The van der Waals surface area contributed by atoms with Gasteiger partial charge in [0.2, 0.25) is 0 Å². The van der Waals surface area contributed by atoms with E-state index >= 15 is 0 Å². The van der Waals surface area contributed by atoms with Gasteiger partial charge >= 0.3 is 6.09 Å². The van der Waals surface area contributed by atoms with Gasteiger partial charge in [-0.25, -0.2) is 4.79 Å². The minimum absolute atomic E-state index is 0.176. The van der Waals surface area contributed by atoms with Crippen molar-refractivity contribution in [1.82, 2.24) is 5.32 Å². The Hall–Kier alpha value is -1.95. The lowest BCUT2D eigenvalue weighted by atomic mass is 10.00. The smallest absolute Gasteiger partial charge is 0.404 e. The number of benzene rings is 1. The molecule has 0 heterocycles. The minimum Gasteiger partial charge on any atom is -0.496 e. The standard InChI is InChI=1S/C16H25NO5/c1-11(17-16(19)20)8-13-10-14(21-2)12(6-4-5-7-18)9-15(13)22-3/h9-11,17-18H,4-8H2,1-3H3,(H,19,20). The SMILES string of the molecule is COc1cc(CC(C)NC(=O)O)c(OC)cc1CCCCO. The average molecular weight is 311 g/mol. The Morgan fingerprint density at radius 1 is 1.18 bits per heavy atom. The molecule has 0 bridgehead atoms. The van der Waals surface area contributed by atoms with Crippen LogP contribution in [0.5, 0.6) is 11.5 Å². The molecule has 0 aromatic heterocycles. The van der Waals surface area contributed by atoms with Gasteiger partial charge in [0.1, 0.15) is 11.5 Å². The molecule has 6 nitrogen and oxygen atoms in total. The Morgan fingerprint density at radius 2 is 1.77 bits per heavy atom. The molecule has 1 amide bonds. The van der Waals surface area contributed by atoms with E-state index in [-0.39, 0.29) is 12.6 Å². The summed E-state index contributed by atoms with van der Waals surface area (Å²) in [6, 6.07) is 3.60. The van der Waals surface area contributed by atoms with Gasteiger partial charge in [-0.1, -0.05) is 0 Å². The van der Waals surface area contributed by atoms with Gasteiger partial charge in [0.15, 0.2) is 0 Å². The summed E-state index contributed by atoms with van der Waals surface area (Å²) in [6.45, 7) is 1.98. The maximum absolute atomic E-state index is 10.7. The molecular formula is C16H25NO5. The molecule has 0 saturated carbocycles. The highest BCUT2D eigenvalue weighted by molar-refractivity contribution is 5.64. The largest absolute Gasteiger partial charge is 0.496 e. The van der Waals surface area contributed by atoms with Gasteiger partial charge in [0.25, 0.3) is 0 Å². The summed E-state index contributed by atoms with van der Waals surface area (Å²) in [7, 11) is 3.21. The molecular weight excluding hydrogens is 286 g/mol. The molecule has 1 atom stereocenters. The van der Waals surface area contributed by atoms with Crippen LogP contribution in [-0.2, 0) is 12.8 Å². The normalized spacial score (nSPS) is 11.8. The van der Waals surface area contributed by atoms with Crippen LogP contribution in [0.1, 0.15) is 30.9 Å². The predicted octanol–water partition coefficient (Wildman–Crippen LogP) is 2.22. The zero-order valence-electron chi connectivity index (χ0n) is 13.4. The van der Waals surface area contributed by atoms with E-state index in [9.17, 15) is 4.79 Å². The third-order valence-corrected chi connectivity index (χ3v) is 3.43. The fraction of sp³-hybridized carbons (Fsp3) is 0.562. The first kappa shape index (κ1) is 18.1. The van der Waals surface area contributed by atoms with E-state index in [0.717, 1.165) is 41.9 Å². The number of aryl methyl sites for hydroxylation is 1. The van der Waals surface area contributed by atoms with Crippen LogP contribution >= 0.6 is 0 Å². The molecule has 0 fully saturated rings. The molecule has 22 heavy (non-hydrogen) atoms. The molecule has 0 aliphatic rings. The fourth-order valence-corrected chi connectivity index (χ4v) is 2.40. The van der Waals surface area contributed by atoms with Gasteiger partial charge in [-0.3, -0.25) is 0 Å². The Morgan fingerprint density at radius 3 is 2.32 bits per heavy atom. The van der Waals surface area contributed by atoms with Crippen LogP contribution in [-0.4, -0.2) is 43.2 Å². The number of hydrogen-bond acceptors (Lipinski definition) is 4. The van der Waals surface area contributed by atoms with Crippen molar-refractivity contribution in [3.8, 4) is 11.5 Å². The molecule has 3 N–H and O–H groups in total. The first-order chi connectivity index (χ1) is 10.5. The second-order valence-corrected chi connectivity index (χ2v) is 5.21. The number of unbranched alkanes of at least 4 members (excludes halogenated alkanes) is 1. The van der Waals surface area contributed by atoms with Crippen LogP contribution in [0.2, 0.25) is 0 Å². The van der Waals surface area contributed by atoms with Crippen LogP contribution < -0.4 is 14.8 Å². The van der Waals surface area contributed by atoms with Gasteiger partial charge in [-0.15, -0.1) is 0 Å². The number of carboxylic acid groups (broad SMARTS) is 1. The quantitative estimate of drug-likeness (QED) is 0.609. The van der Waals surface area contributed by atoms with Crippen molar-refractivity contribution in [3.05, 3.63) is 23.3 Å². The number of aliphatic hydroxyl groups is 1. The lowest BCUT2D eigenvalue weighted by molar-refractivity contribution is 0.190. The van der Waals surface area contributed by atoms with Gasteiger partial charge in [0, 0.05) is 12.6 Å². The summed E-state index contributed by atoms with van der Waals surface area (Å²) in [4.78, 5) is 10.7. The molecule has 0 spiro atoms. The Bertz CT molecular complexity index is 490. The van der Waals surface area contributed by atoms with Crippen LogP contribution in [0.25, 0.3) is 0 Å². The highest BCUT2D eigenvalue weighted by Gasteiger charge is 2.14. The van der Waals surface area contributed by atoms with Gasteiger partial charge < -0.3 is 25.0 Å². The average Bonchev–Trinajstić information content (AvgIpc) is 2.47. The van der Waals surface area contributed by atoms with E-state index in [2.05, 4.69) is 5.32 Å². The van der Waals surface area contributed by atoms with E-state index in [1.54, 1.807) is 21.1 Å². The molecule has 1 unspecified atom stereocenters. The Balaban J connectivity index is 2.95. The number of amides is 1. The highest BCUT2D eigenvalue weighted by Crippen LogP contribution is 2.30. The fourth-order valence-electron chi connectivity index (χ4n) is 2.40. The number of rotatable bonds is 9. The topological polar surface area (TPSA) is 88.0 Å². The van der Waals surface area contributed by atoms with Crippen molar-refractivity contribution in [2.75, 3.05) is 20.8 Å². The van der Waals surface area contributed by atoms with Gasteiger partial charge in [0.05, 0.1) is 14.2 Å². The van der Waals surface area contributed by atoms with Gasteiger partial charge in [-0.2, -0.15) is 0 Å². The zero-order valence-corrected chi connectivity index (χ0v) is 13.4. The lowest BCUT2D eigenvalue weighted by Crippen LogP contribution is -2.32. The lowest BCUT2D eigenvalue weighted by Gasteiger charge is -2.17. The van der Waals surface area contributed by atoms with Crippen molar-refractivity contribution in [1.29, 1.82) is 0 Å². The number of ether oxygens (including phenoxy) is 2. The predicted molar refractivity (Wildman–Crippen MR) is 83.9 cm³/mol. The zero-order chi connectivity index (χ0) is 16.5. The van der Waals surface area contributed by atoms with E-state index in [0.29, 0.717) is 6.42 Å². The number of hydrogen-bond donors (Lipinski definition) is 3. The molecule has 1 aromatic carbocycles. The summed E-state index contributed by atoms with van der Waals surface area (Å²) in [5, 5.41) is 20.1. The number of nitrogens with one attached hydrogen (secondary N) is 1. The molecule has 0 saturated heterocycles. The van der Waals surface area contributed by atoms with Crippen LogP contribution in [0.15, 0.2) is 12.1 Å². The number of methoxy groups -OCH3 is 2. The maximum Gasteiger partial charge on any atom is 0.404 e. The number of carbonyl (C=O) groups is 1. The van der Waals surface area contributed by atoms with Crippen molar-refractivity contribution in [3.63, 3.8) is 0 Å². The summed E-state index contributed by atoms with van der Waals surface area (Å²) in [5.74, 6) is 1.48. The van der Waals surface area contributed by atoms with E-state index < -0.39 is 6.09 Å². The highest BCUT2D eigenvalue weighted by atomic mass is 16.5. The summed E-state index contributed by atoms with van der Waals surface area (Å²) in [6.07, 6.45) is 1.88. The van der Waals surface area contributed by atoms with Crippen molar-refractivity contribution >= 4 is 6.09 Å². The van der Waals surface area contributed by atoms with Crippen molar-refractivity contribution < 1.29 is 24.5 Å². The molecule has 1 aromatic rings. The second-order valence-electron chi connectivity index (χ2n) is 5.21. The summed E-state index contributed by atoms with van der Waals surface area (Å²) >= 11 is 0. The van der Waals surface area contributed by atoms with Crippen LogP contribution in [0, 0.1) is 0 Å². The molecule has 0 aliphatic carbocycles. The first-order valence-corrected chi connectivity index (χ1v) is 7.35. The van der Waals surface area contributed by atoms with E-state index in [1.807, 2.05) is 12.1 Å². The van der Waals surface area contributed by atoms with Crippen LogP contribution in [0.4, 0.5) is 4.79 Å². The van der Waals surface area contributed by atoms with E-state index in [4.69, 9.17) is 19.7 Å². The van der Waals surface area contributed by atoms with Crippen molar-refractivity contribution in [2.24, 2.45) is 0 Å². The minimum atomic E-state index is -1.04. The molecule has 6 heteroatoms. The molecule has 0 radical (unpaired) electrons. The maximum atomic E-state index is 10.7.